The number of rotatable bonds is 7. The third-order valence-corrected chi connectivity index (χ3v) is 6.20. The molecule has 6 heteroatoms. The van der Waals surface area contributed by atoms with Crippen LogP contribution in [0, 0.1) is 0 Å². The van der Waals surface area contributed by atoms with E-state index in [1.54, 1.807) is 14.2 Å². The maximum Gasteiger partial charge on any atom is 0.130 e. The second-order valence-corrected chi connectivity index (χ2v) is 7.98. The second kappa shape index (κ2) is 8.15. The van der Waals surface area contributed by atoms with E-state index in [4.69, 9.17) is 9.47 Å². The van der Waals surface area contributed by atoms with Gasteiger partial charge in [0.1, 0.15) is 11.6 Å². The first kappa shape index (κ1) is 19.3. The minimum atomic E-state index is -0.755. The first-order valence-corrected chi connectivity index (χ1v) is 10.0. The Hall–Kier alpha value is -2.02. The van der Waals surface area contributed by atoms with Crippen LogP contribution in [0.1, 0.15) is 42.6 Å². The van der Waals surface area contributed by atoms with Crippen molar-refractivity contribution in [2.45, 2.75) is 56.3 Å². The van der Waals surface area contributed by atoms with Gasteiger partial charge in [0.25, 0.3) is 0 Å². The van der Waals surface area contributed by atoms with E-state index in [0.717, 1.165) is 61.3 Å². The largest absolute Gasteiger partial charge is 0.497 e. The summed E-state index contributed by atoms with van der Waals surface area (Å²) in [5, 5.41) is 11.4. The third kappa shape index (κ3) is 3.90. The van der Waals surface area contributed by atoms with Gasteiger partial charge in [-0.2, -0.15) is 0 Å². The third-order valence-electron chi connectivity index (χ3n) is 6.20. The van der Waals surface area contributed by atoms with Crippen molar-refractivity contribution in [2.24, 2.45) is 0 Å². The molecule has 28 heavy (non-hydrogen) atoms. The van der Waals surface area contributed by atoms with Crippen LogP contribution in [0.15, 0.2) is 36.7 Å². The van der Waals surface area contributed by atoms with Crippen LogP contribution in [0.3, 0.4) is 0 Å². The molecule has 2 saturated heterocycles. The molecule has 150 valence electrons. The zero-order chi connectivity index (χ0) is 19.6. The van der Waals surface area contributed by atoms with E-state index in [2.05, 4.69) is 14.9 Å². The SMILES string of the molecule is COCCc1ncc(CN2[C@@H]3CC[C@@H]2CC(O)(c2ccc(OC)cc2)C3)cn1. The molecule has 1 N–H and O–H groups in total. The lowest BCUT2D eigenvalue weighted by molar-refractivity contribution is -0.0595. The lowest BCUT2D eigenvalue weighted by Crippen LogP contribution is -2.49. The lowest BCUT2D eigenvalue weighted by Gasteiger charge is -2.44. The quantitative estimate of drug-likeness (QED) is 0.793. The standard InChI is InChI=1S/C22H29N3O3/c1-27-10-9-21-23-13-16(14-24-21)15-25-18-5-6-19(25)12-22(26,11-18)17-3-7-20(28-2)8-4-17/h3-4,7-8,13-14,18-19,26H,5-6,9-12,15H2,1-2H3/t18-,19-/m1/s1. The summed E-state index contributed by atoms with van der Waals surface area (Å²) in [5.74, 6) is 1.64. The van der Waals surface area contributed by atoms with Crippen molar-refractivity contribution >= 4 is 0 Å². The number of aliphatic hydroxyl groups is 1. The van der Waals surface area contributed by atoms with Crippen molar-refractivity contribution in [1.29, 1.82) is 0 Å². The first-order chi connectivity index (χ1) is 13.6. The Balaban J connectivity index is 1.43. The molecule has 2 atom stereocenters. The molecule has 2 aromatic rings. The minimum absolute atomic E-state index is 0.388. The molecule has 0 aliphatic carbocycles. The zero-order valence-corrected chi connectivity index (χ0v) is 16.7. The molecule has 2 bridgehead atoms. The monoisotopic (exact) mass is 383 g/mol. The molecule has 0 saturated carbocycles. The molecule has 0 amide bonds. The number of nitrogens with zero attached hydrogens (tertiary/aromatic N) is 3. The van der Waals surface area contributed by atoms with Crippen LogP contribution in [0.4, 0.5) is 0 Å². The van der Waals surface area contributed by atoms with E-state index in [1.165, 1.54) is 0 Å². The highest BCUT2D eigenvalue weighted by Gasteiger charge is 2.48. The van der Waals surface area contributed by atoms with Gasteiger partial charge in [0.05, 0.1) is 19.3 Å². The molecule has 0 unspecified atom stereocenters. The normalized spacial score (nSPS) is 27.1. The Morgan fingerprint density at radius 2 is 1.71 bits per heavy atom. The number of aromatic nitrogens is 2. The molecular formula is C22H29N3O3. The maximum atomic E-state index is 11.4. The van der Waals surface area contributed by atoms with Gasteiger partial charge in [-0.1, -0.05) is 12.1 Å². The minimum Gasteiger partial charge on any atom is -0.497 e. The zero-order valence-electron chi connectivity index (χ0n) is 16.7. The number of piperidine rings is 1. The molecule has 2 fully saturated rings. The predicted octanol–water partition coefficient (Wildman–Crippen LogP) is 2.69. The molecule has 3 heterocycles. The molecule has 1 aromatic carbocycles. The summed E-state index contributed by atoms with van der Waals surface area (Å²) in [6.45, 7) is 1.48. The Labute approximate surface area is 166 Å². The van der Waals surface area contributed by atoms with Gasteiger partial charge >= 0.3 is 0 Å². The molecular weight excluding hydrogens is 354 g/mol. The predicted molar refractivity (Wildman–Crippen MR) is 106 cm³/mol. The van der Waals surface area contributed by atoms with Gasteiger partial charge < -0.3 is 14.6 Å². The highest BCUT2D eigenvalue weighted by molar-refractivity contribution is 5.32. The molecule has 1 aromatic heterocycles. The van der Waals surface area contributed by atoms with Crippen molar-refractivity contribution in [1.82, 2.24) is 14.9 Å². The summed E-state index contributed by atoms with van der Waals surface area (Å²) in [7, 11) is 3.35. The van der Waals surface area contributed by atoms with Crippen molar-refractivity contribution in [3.63, 3.8) is 0 Å². The van der Waals surface area contributed by atoms with Crippen LogP contribution in [-0.2, 0) is 23.3 Å². The fourth-order valence-electron chi connectivity index (χ4n) is 4.71. The summed E-state index contributed by atoms with van der Waals surface area (Å²) in [6.07, 6.45) is 8.40. The number of fused-ring (bicyclic) bond motifs is 2. The van der Waals surface area contributed by atoms with Crippen LogP contribution in [0.2, 0.25) is 0 Å². The summed E-state index contributed by atoms with van der Waals surface area (Å²) >= 11 is 0. The Kier molecular flexibility index (Phi) is 5.62. The van der Waals surface area contributed by atoms with Gasteiger partial charge in [-0.25, -0.2) is 9.97 Å². The van der Waals surface area contributed by atoms with E-state index < -0.39 is 5.60 Å². The first-order valence-electron chi connectivity index (χ1n) is 10.0. The summed E-state index contributed by atoms with van der Waals surface area (Å²) in [4.78, 5) is 11.5. The number of benzene rings is 1. The summed E-state index contributed by atoms with van der Waals surface area (Å²) in [5.41, 5.74) is 1.37. The summed E-state index contributed by atoms with van der Waals surface area (Å²) in [6, 6.07) is 8.65. The van der Waals surface area contributed by atoms with E-state index in [9.17, 15) is 5.11 Å². The van der Waals surface area contributed by atoms with Crippen LogP contribution < -0.4 is 4.74 Å². The van der Waals surface area contributed by atoms with E-state index >= 15 is 0 Å². The molecule has 0 radical (unpaired) electrons. The van der Waals surface area contributed by atoms with E-state index in [1.807, 2.05) is 36.7 Å². The molecule has 0 spiro atoms. The van der Waals surface area contributed by atoms with Gasteiger partial charge in [-0.3, -0.25) is 4.90 Å². The Morgan fingerprint density at radius 1 is 1.07 bits per heavy atom. The lowest BCUT2D eigenvalue weighted by atomic mass is 9.80. The van der Waals surface area contributed by atoms with Crippen molar-refractivity contribution < 1.29 is 14.6 Å². The Bertz CT molecular complexity index is 765. The van der Waals surface area contributed by atoms with Gasteiger partial charge in [-0.15, -0.1) is 0 Å². The molecule has 2 aliphatic rings. The maximum absolute atomic E-state index is 11.4. The van der Waals surface area contributed by atoms with Gasteiger partial charge in [0.15, 0.2) is 0 Å². The van der Waals surface area contributed by atoms with Gasteiger partial charge in [0, 0.05) is 50.1 Å². The van der Waals surface area contributed by atoms with Crippen LogP contribution in [0.5, 0.6) is 5.75 Å². The van der Waals surface area contributed by atoms with Crippen LogP contribution >= 0.6 is 0 Å². The number of hydrogen-bond acceptors (Lipinski definition) is 6. The fraction of sp³-hybridized carbons (Fsp3) is 0.545. The molecule has 2 aliphatic heterocycles. The smallest absolute Gasteiger partial charge is 0.130 e. The van der Waals surface area contributed by atoms with Crippen LogP contribution in [-0.4, -0.2) is 52.9 Å². The highest BCUT2D eigenvalue weighted by atomic mass is 16.5. The second-order valence-electron chi connectivity index (χ2n) is 7.98. The molecule has 6 nitrogen and oxygen atoms in total. The average Bonchev–Trinajstić information content (AvgIpc) is 2.97. The number of hydrogen-bond donors (Lipinski definition) is 1. The van der Waals surface area contributed by atoms with Gasteiger partial charge in [0.2, 0.25) is 0 Å². The van der Waals surface area contributed by atoms with Crippen molar-refractivity contribution in [3.8, 4) is 5.75 Å². The molecule has 4 rings (SSSR count). The van der Waals surface area contributed by atoms with E-state index in [0.29, 0.717) is 18.7 Å². The summed E-state index contributed by atoms with van der Waals surface area (Å²) < 4.78 is 10.3. The van der Waals surface area contributed by atoms with Crippen molar-refractivity contribution in [2.75, 3.05) is 20.8 Å². The van der Waals surface area contributed by atoms with Crippen LogP contribution in [0.25, 0.3) is 0 Å². The topological polar surface area (TPSA) is 67.7 Å². The highest BCUT2D eigenvalue weighted by Crippen LogP contribution is 2.46. The van der Waals surface area contributed by atoms with Gasteiger partial charge in [-0.05, 0) is 43.4 Å². The van der Waals surface area contributed by atoms with Crippen molar-refractivity contribution in [3.05, 3.63) is 53.6 Å². The van der Waals surface area contributed by atoms with E-state index in [-0.39, 0.29) is 0 Å². The number of ether oxygens (including phenoxy) is 2. The average molecular weight is 383 g/mol. The number of methoxy groups -OCH3 is 2. The Morgan fingerprint density at radius 3 is 2.29 bits per heavy atom. The fourth-order valence-corrected chi connectivity index (χ4v) is 4.71.